The number of nitrogen functional groups attached to an aromatic ring is 1. The summed E-state index contributed by atoms with van der Waals surface area (Å²) in [5.74, 6) is 0.766. The fourth-order valence-corrected chi connectivity index (χ4v) is 3.92. The summed E-state index contributed by atoms with van der Waals surface area (Å²) >= 11 is 1.43. The Labute approximate surface area is 128 Å². The van der Waals surface area contributed by atoms with Crippen LogP contribution < -0.4 is 11.1 Å². The number of aryl methyl sites for hydroxylation is 2. The van der Waals surface area contributed by atoms with Gasteiger partial charge in [-0.05, 0) is 25.7 Å². The van der Waals surface area contributed by atoms with Crippen molar-refractivity contribution in [1.29, 1.82) is 0 Å². The zero-order valence-electron chi connectivity index (χ0n) is 12.8. The molecule has 1 unspecified atom stereocenters. The number of nitrogens with one attached hydrogen (secondary N) is 1. The molecule has 2 heterocycles. The van der Waals surface area contributed by atoms with E-state index in [1.807, 2.05) is 14.0 Å². The maximum absolute atomic E-state index is 12.5. The highest BCUT2D eigenvalue weighted by atomic mass is 32.1. The summed E-state index contributed by atoms with van der Waals surface area (Å²) in [7, 11) is 1.88. The van der Waals surface area contributed by atoms with Gasteiger partial charge in [-0.1, -0.05) is 19.8 Å². The second-order valence-electron chi connectivity index (χ2n) is 5.99. The van der Waals surface area contributed by atoms with Crippen molar-refractivity contribution in [2.45, 2.75) is 45.6 Å². The Morgan fingerprint density at radius 3 is 2.86 bits per heavy atom. The molecule has 2 aromatic rings. The molecule has 6 heteroatoms. The van der Waals surface area contributed by atoms with E-state index in [4.69, 9.17) is 5.73 Å². The van der Waals surface area contributed by atoms with Crippen molar-refractivity contribution in [1.82, 2.24) is 15.1 Å². The number of anilines is 1. The summed E-state index contributed by atoms with van der Waals surface area (Å²) in [6.07, 6.45) is 4.67. The average molecular weight is 306 g/mol. The molecule has 0 saturated heterocycles. The molecule has 1 atom stereocenters. The lowest BCUT2D eigenvalue weighted by Gasteiger charge is -2.16. The van der Waals surface area contributed by atoms with E-state index in [0.717, 1.165) is 34.7 Å². The monoisotopic (exact) mass is 306 g/mol. The molecule has 0 radical (unpaired) electrons. The van der Waals surface area contributed by atoms with Crippen molar-refractivity contribution < 1.29 is 4.79 Å². The van der Waals surface area contributed by atoms with Gasteiger partial charge in [-0.2, -0.15) is 5.10 Å². The molecule has 1 fully saturated rings. The molecule has 1 amide bonds. The molecule has 1 aliphatic rings. The van der Waals surface area contributed by atoms with Gasteiger partial charge in [0.2, 0.25) is 0 Å². The molecular weight excluding hydrogens is 284 g/mol. The number of fused-ring (bicyclic) bond motifs is 1. The molecule has 21 heavy (non-hydrogen) atoms. The van der Waals surface area contributed by atoms with Crippen LogP contribution in [-0.2, 0) is 7.05 Å². The summed E-state index contributed by atoms with van der Waals surface area (Å²) in [5.41, 5.74) is 7.63. The summed E-state index contributed by atoms with van der Waals surface area (Å²) in [6, 6.07) is 0.258. The van der Waals surface area contributed by atoms with Gasteiger partial charge in [-0.15, -0.1) is 11.3 Å². The van der Waals surface area contributed by atoms with E-state index in [9.17, 15) is 4.79 Å². The van der Waals surface area contributed by atoms with Crippen LogP contribution in [0.1, 0.15) is 48.0 Å². The molecule has 0 aromatic carbocycles. The van der Waals surface area contributed by atoms with E-state index < -0.39 is 0 Å². The quantitative estimate of drug-likeness (QED) is 0.892. The first kappa shape index (κ1) is 14.4. The van der Waals surface area contributed by atoms with Crippen LogP contribution in [0.3, 0.4) is 0 Å². The van der Waals surface area contributed by atoms with Crippen LogP contribution in [-0.4, -0.2) is 21.7 Å². The van der Waals surface area contributed by atoms with Gasteiger partial charge >= 0.3 is 0 Å². The Balaban J connectivity index is 1.83. The molecule has 0 spiro atoms. The van der Waals surface area contributed by atoms with Gasteiger partial charge in [0.05, 0.1) is 16.8 Å². The fraction of sp³-hybridized carbons (Fsp3) is 0.600. The van der Waals surface area contributed by atoms with E-state index in [2.05, 4.69) is 17.3 Å². The molecule has 3 N–H and O–H groups in total. The molecule has 0 bridgehead atoms. The Morgan fingerprint density at radius 1 is 1.57 bits per heavy atom. The third-order valence-electron chi connectivity index (χ3n) is 4.23. The first-order valence-corrected chi connectivity index (χ1v) is 8.35. The van der Waals surface area contributed by atoms with Crippen LogP contribution in [0.4, 0.5) is 5.69 Å². The Hall–Kier alpha value is -1.56. The van der Waals surface area contributed by atoms with Crippen LogP contribution in [0.2, 0.25) is 0 Å². The van der Waals surface area contributed by atoms with Gasteiger partial charge in [0.15, 0.2) is 0 Å². The van der Waals surface area contributed by atoms with E-state index >= 15 is 0 Å². The van der Waals surface area contributed by atoms with Gasteiger partial charge in [0.25, 0.3) is 5.91 Å². The zero-order valence-corrected chi connectivity index (χ0v) is 13.6. The zero-order chi connectivity index (χ0) is 15.1. The number of aromatic nitrogens is 2. The smallest absolute Gasteiger partial charge is 0.263 e. The molecule has 3 rings (SSSR count). The van der Waals surface area contributed by atoms with Gasteiger partial charge in [0.1, 0.15) is 9.71 Å². The molecule has 114 valence electrons. The van der Waals surface area contributed by atoms with E-state index in [-0.39, 0.29) is 11.9 Å². The average Bonchev–Trinajstić information content (AvgIpc) is 3.11. The predicted octanol–water partition coefficient (Wildman–Crippen LogP) is 2.83. The molecular formula is C15H22N4OS. The normalized spacial score (nSPS) is 16.3. The number of hydrogen-bond acceptors (Lipinski definition) is 4. The third-order valence-corrected chi connectivity index (χ3v) is 5.50. The van der Waals surface area contributed by atoms with E-state index in [1.165, 1.54) is 24.2 Å². The second kappa shape index (κ2) is 5.33. The standard InChI is InChI=1S/C15H22N4OS/c1-4-10(7-9-5-6-9)17-14(20)13-12(16)11-8(2)18-19(3)15(11)21-13/h9-10H,4-7,16H2,1-3H3,(H,17,20). The number of carbonyl (C=O) groups excluding carboxylic acids is 1. The number of rotatable bonds is 5. The summed E-state index contributed by atoms with van der Waals surface area (Å²) in [5, 5.41) is 8.42. The largest absolute Gasteiger partial charge is 0.397 e. The van der Waals surface area contributed by atoms with Crippen LogP contribution in [0.5, 0.6) is 0 Å². The highest BCUT2D eigenvalue weighted by Gasteiger charge is 2.27. The van der Waals surface area contributed by atoms with Crippen molar-refractivity contribution >= 4 is 33.1 Å². The summed E-state index contributed by atoms with van der Waals surface area (Å²) in [4.78, 5) is 14.1. The summed E-state index contributed by atoms with van der Waals surface area (Å²) < 4.78 is 1.80. The van der Waals surface area contributed by atoms with E-state index in [1.54, 1.807) is 4.68 Å². The van der Waals surface area contributed by atoms with Crippen molar-refractivity contribution in [3.05, 3.63) is 10.6 Å². The molecule has 0 aliphatic heterocycles. The fourth-order valence-electron chi connectivity index (χ4n) is 2.83. The van der Waals surface area contributed by atoms with E-state index in [0.29, 0.717) is 10.6 Å². The van der Waals surface area contributed by atoms with Gasteiger partial charge in [0, 0.05) is 13.1 Å². The number of carbonyl (C=O) groups is 1. The third kappa shape index (κ3) is 2.64. The van der Waals surface area contributed by atoms with Crippen molar-refractivity contribution in [3.63, 3.8) is 0 Å². The molecule has 2 aromatic heterocycles. The van der Waals surface area contributed by atoms with Crippen LogP contribution in [0, 0.1) is 12.8 Å². The van der Waals surface area contributed by atoms with Crippen molar-refractivity contribution in [3.8, 4) is 0 Å². The lowest BCUT2D eigenvalue weighted by Crippen LogP contribution is -2.34. The number of nitrogens with two attached hydrogens (primary N) is 1. The second-order valence-corrected chi connectivity index (χ2v) is 6.99. The first-order chi connectivity index (χ1) is 10.0. The SMILES string of the molecule is CCC(CC1CC1)NC(=O)c1sc2c(c(C)nn2C)c1N. The highest BCUT2D eigenvalue weighted by Crippen LogP contribution is 2.36. The number of nitrogens with zero attached hydrogens (tertiary/aromatic N) is 2. The first-order valence-electron chi connectivity index (χ1n) is 7.53. The minimum atomic E-state index is -0.0411. The Bertz CT molecular complexity index is 683. The number of amides is 1. The lowest BCUT2D eigenvalue weighted by molar-refractivity contribution is 0.0937. The molecule has 5 nitrogen and oxygen atoms in total. The van der Waals surface area contributed by atoms with Gasteiger partial charge < -0.3 is 11.1 Å². The number of thiophene rings is 1. The van der Waals surface area contributed by atoms with Crippen LogP contribution in [0.25, 0.3) is 10.2 Å². The number of hydrogen-bond donors (Lipinski definition) is 2. The Morgan fingerprint density at radius 2 is 2.29 bits per heavy atom. The summed E-state index contributed by atoms with van der Waals surface area (Å²) in [6.45, 7) is 4.05. The minimum Gasteiger partial charge on any atom is -0.397 e. The molecule has 1 saturated carbocycles. The topological polar surface area (TPSA) is 72.9 Å². The Kier molecular flexibility index (Phi) is 3.65. The van der Waals surface area contributed by atoms with Crippen molar-refractivity contribution in [2.75, 3.05) is 5.73 Å². The van der Waals surface area contributed by atoms with Crippen LogP contribution in [0.15, 0.2) is 0 Å². The maximum Gasteiger partial charge on any atom is 0.263 e. The lowest BCUT2D eigenvalue weighted by atomic mass is 10.1. The predicted molar refractivity (Wildman–Crippen MR) is 86.6 cm³/mol. The van der Waals surface area contributed by atoms with Gasteiger partial charge in [-0.25, -0.2) is 0 Å². The van der Waals surface area contributed by atoms with Crippen LogP contribution >= 0.6 is 11.3 Å². The van der Waals surface area contributed by atoms with Gasteiger partial charge in [-0.3, -0.25) is 9.48 Å². The minimum absolute atomic E-state index is 0.0411. The molecule has 1 aliphatic carbocycles. The van der Waals surface area contributed by atoms with Crippen molar-refractivity contribution in [2.24, 2.45) is 13.0 Å². The maximum atomic E-state index is 12.5. The highest BCUT2D eigenvalue weighted by molar-refractivity contribution is 7.21.